The van der Waals surface area contributed by atoms with Crippen molar-refractivity contribution in [3.63, 3.8) is 0 Å². The highest BCUT2D eigenvalue weighted by atomic mass is 32.2. The Balaban J connectivity index is 2.12. The second kappa shape index (κ2) is 6.98. The van der Waals surface area contributed by atoms with Crippen molar-refractivity contribution in [3.8, 4) is 0 Å². The fourth-order valence-corrected chi connectivity index (χ4v) is 3.97. The summed E-state index contributed by atoms with van der Waals surface area (Å²) >= 11 is 0. The number of nitrogens with one attached hydrogen (secondary N) is 3. The Morgan fingerprint density at radius 3 is 2.61 bits per heavy atom. The molecular formula is C16H25N3O3S. The molecule has 128 valence electrons. The van der Waals surface area contributed by atoms with Gasteiger partial charge in [-0.25, -0.2) is 13.1 Å². The van der Waals surface area contributed by atoms with Crippen molar-refractivity contribution >= 4 is 21.6 Å². The van der Waals surface area contributed by atoms with Crippen LogP contribution < -0.4 is 15.4 Å². The molecule has 7 heteroatoms. The highest BCUT2D eigenvalue weighted by Crippen LogP contribution is 2.18. The summed E-state index contributed by atoms with van der Waals surface area (Å²) in [5.41, 5.74) is -0.0800. The van der Waals surface area contributed by atoms with Crippen LogP contribution in [0.2, 0.25) is 0 Å². The molecule has 0 saturated carbocycles. The zero-order valence-electron chi connectivity index (χ0n) is 13.8. The molecule has 1 aliphatic rings. The molecule has 1 aromatic carbocycles. The van der Waals surface area contributed by atoms with Crippen molar-refractivity contribution in [3.05, 3.63) is 24.3 Å². The van der Waals surface area contributed by atoms with E-state index in [2.05, 4.69) is 15.4 Å². The minimum Gasteiger partial charge on any atom is -0.325 e. The maximum Gasteiger partial charge on any atom is 0.241 e. The average molecular weight is 339 g/mol. The molecule has 1 unspecified atom stereocenters. The van der Waals surface area contributed by atoms with Crippen LogP contribution in [0, 0.1) is 0 Å². The molecule has 0 aromatic heterocycles. The van der Waals surface area contributed by atoms with Gasteiger partial charge in [0.05, 0.1) is 10.9 Å². The first-order chi connectivity index (χ1) is 10.7. The predicted octanol–water partition coefficient (Wildman–Crippen LogP) is 1.84. The molecule has 0 bridgehead atoms. The lowest BCUT2D eigenvalue weighted by molar-refractivity contribution is -0.118. The number of carbonyl (C=O) groups excluding carboxylic acids is 1. The molecule has 0 radical (unpaired) electrons. The SMILES string of the molecule is CC(C)(C)NS(=O)(=O)c1cccc(NC(=O)C2CCCCN2)c1. The first kappa shape index (κ1) is 17.9. The molecule has 23 heavy (non-hydrogen) atoms. The van der Waals surface area contributed by atoms with E-state index in [1.807, 2.05) is 0 Å². The van der Waals surface area contributed by atoms with E-state index in [0.717, 1.165) is 25.8 Å². The maximum atomic E-state index is 12.4. The molecule has 1 aliphatic heterocycles. The lowest BCUT2D eigenvalue weighted by Gasteiger charge is -2.23. The number of sulfonamides is 1. The Hall–Kier alpha value is -1.44. The zero-order chi connectivity index (χ0) is 17.1. The number of amides is 1. The monoisotopic (exact) mass is 339 g/mol. The molecule has 1 fully saturated rings. The quantitative estimate of drug-likeness (QED) is 0.781. The van der Waals surface area contributed by atoms with Crippen LogP contribution in [-0.2, 0) is 14.8 Å². The van der Waals surface area contributed by atoms with E-state index in [1.54, 1.807) is 32.9 Å². The molecular weight excluding hydrogens is 314 g/mol. The molecule has 0 spiro atoms. The summed E-state index contributed by atoms with van der Waals surface area (Å²) in [6, 6.07) is 6.10. The van der Waals surface area contributed by atoms with Crippen molar-refractivity contribution in [1.82, 2.24) is 10.0 Å². The predicted molar refractivity (Wildman–Crippen MR) is 90.8 cm³/mol. The summed E-state index contributed by atoms with van der Waals surface area (Å²) in [4.78, 5) is 12.4. The van der Waals surface area contributed by atoms with E-state index in [0.29, 0.717) is 5.69 Å². The number of piperidine rings is 1. The number of hydrogen-bond acceptors (Lipinski definition) is 4. The van der Waals surface area contributed by atoms with Crippen LogP contribution in [0.5, 0.6) is 0 Å². The van der Waals surface area contributed by atoms with Gasteiger partial charge >= 0.3 is 0 Å². The Morgan fingerprint density at radius 2 is 2.00 bits per heavy atom. The van der Waals surface area contributed by atoms with Crippen LogP contribution in [0.25, 0.3) is 0 Å². The molecule has 1 aromatic rings. The first-order valence-corrected chi connectivity index (χ1v) is 9.34. The Morgan fingerprint density at radius 1 is 1.26 bits per heavy atom. The van der Waals surface area contributed by atoms with Crippen molar-refractivity contribution in [2.45, 2.75) is 56.5 Å². The van der Waals surface area contributed by atoms with Crippen LogP contribution in [0.3, 0.4) is 0 Å². The summed E-state index contributed by atoms with van der Waals surface area (Å²) in [5, 5.41) is 5.97. The van der Waals surface area contributed by atoms with Crippen molar-refractivity contribution in [2.24, 2.45) is 0 Å². The van der Waals surface area contributed by atoms with Gasteiger partial charge in [-0.1, -0.05) is 12.5 Å². The Kier molecular flexibility index (Phi) is 5.44. The fourth-order valence-electron chi connectivity index (χ4n) is 2.51. The molecule has 2 rings (SSSR count). The molecule has 3 N–H and O–H groups in total. The van der Waals surface area contributed by atoms with Gasteiger partial charge in [-0.05, 0) is 58.4 Å². The van der Waals surface area contributed by atoms with Crippen LogP contribution in [0.4, 0.5) is 5.69 Å². The number of rotatable bonds is 4. The van der Waals surface area contributed by atoms with Gasteiger partial charge in [-0.3, -0.25) is 4.79 Å². The van der Waals surface area contributed by atoms with E-state index in [1.165, 1.54) is 12.1 Å². The van der Waals surface area contributed by atoms with Crippen molar-refractivity contribution < 1.29 is 13.2 Å². The van der Waals surface area contributed by atoms with Crippen LogP contribution in [0.1, 0.15) is 40.0 Å². The van der Waals surface area contributed by atoms with Gasteiger partial charge in [0.25, 0.3) is 0 Å². The second-order valence-electron chi connectivity index (χ2n) is 6.88. The minimum absolute atomic E-state index is 0.122. The molecule has 0 aliphatic carbocycles. The van der Waals surface area contributed by atoms with E-state index in [4.69, 9.17) is 0 Å². The van der Waals surface area contributed by atoms with E-state index < -0.39 is 15.6 Å². The van der Waals surface area contributed by atoms with E-state index in [9.17, 15) is 13.2 Å². The Labute approximate surface area is 138 Å². The van der Waals surface area contributed by atoms with Gasteiger partial charge in [-0.15, -0.1) is 0 Å². The molecule has 6 nitrogen and oxygen atoms in total. The van der Waals surface area contributed by atoms with Crippen LogP contribution >= 0.6 is 0 Å². The van der Waals surface area contributed by atoms with Gasteiger partial charge in [-0.2, -0.15) is 0 Å². The van der Waals surface area contributed by atoms with Crippen molar-refractivity contribution in [2.75, 3.05) is 11.9 Å². The third-order valence-electron chi connectivity index (χ3n) is 3.48. The zero-order valence-corrected chi connectivity index (χ0v) is 14.7. The summed E-state index contributed by atoms with van der Waals surface area (Å²) in [7, 11) is -3.62. The van der Waals surface area contributed by atoms with E-state index in [-0.39, 0.29) is 16.8 Å². The third kappa shape index (κ3) is 5.30. The Bertz CT molecular complexity index is 659. The largest absolute Gasteiger partial charge is 0.325 e. The van der Waals surface area contributed by atoms with Gasteiger partial charge < -0.3 is 10.6 Å². The highest BCUT2D eigenvalue weighted by molar-refractivity contribution is 7.89. The highest BCUT2D eigenvalue weighted by Gasteiger charge is 2.23. The summed E-state index contributed by atoms with van der Waals surface area (Å²) in [6.45, 7) is 6.18. The number of hydrogen-bond donors (Lipinski definition) is 3. The van der Waals surface area contributed by atoms with Gasteiger partial charge in [0.2, 0.25) is 15.9 Å². The van der Waals surface area contributed by atoms with Gasteiger partial charge in [0, 0.05) is 11.2 Å². The number of anilines is 1. The minimum atomic E-state index is -3.62. The van der Waals surface area contributed by atoms with Crippen LogP contribution in [-0.4, -0.2) is 32.5 Å². The topological polar surface area (TPSA) is 87.3 Å². The first-order valence-electron chi connectivity index (χ1n) is 7.86. The normalized spacial score (nSPS) is 19.3. The standard InChI is InChI=1S/C16H25N3O3S/c1-16(2,3)19-23(21,22)13-8-6-7-12(11-13)18-15(20)14-9-4-5-10-17-14/h6-8,11,14,17,19H,4-5,9-10H2,1-3H3,(H,18,20). The van der Waals surface area contributed by atoms with Crippen molar-refractivity contribution in [1.29, 1.82) is 0 Å². The molecule has 1 heterocycles. The van der Waals surface area contributed by atoms with Gasteiger partial charge in [0.1, 0.15) is 0 Å². The molecule has 1 amide bonds. The summed E-state index contributed by atoms with van der Waals surface area (Å²) in [6.07, 6.45) is 2.90. The van der Waals surface area contributed by atoms with Crippen LogP contribution in [0.15, 0.2) is 29.2 Å². The van der Waals surface area contributed by atoms with Gasteiger partial charge in [0.15, 0.2) is 0 Å². The summed E-state index contributed by atoms with van der Waals surface area (Å²) < 4.78 is 27.3. The second-order valence-corrected chi connectivity index (χ2v) is 8.56. The van der Waals surface area contributed by atoms with E-state index >= 15 is 0 Å². The molecule has 1 atom stereocenters. The average Bonchev–Trinajstić information content (AvgIpc) is 2.46. The smallest absolute Gasteiger partial charge is 0.241 e. The maximum absolute atomic E-state index is 12.4. The fraction of sp³-hybridized carbons (Fsp3) is 0.562. The summed E-state index contributed by atoms with van der Waals surface area (Å²) in [5.74, 6) is -0.122. The molecule has 1 saturated heterocycles. The third-order valence-corrected chi connectivity index (χ3v) is 5.23. The number of carbonyl (C=O) groups is 1. The lowest BCUT2D eigenvalue weighted by atomic mass is 10.0. The number of benzene rings is 1. The lowest BCUT2D eigenvalue weighted by Crippen LogP contribution is -2.43.